The summed E-state index contributed by atoms with van der Waals surface area (Å²) >= 11 is 0. The first-order chi connectivity index (χ1) is 4.20. The zero-order valence-corrected chi connectivity index (χ0v) is 6.42. The molecule has 1 fully saturated rings. The lowest BCUT2D eigenvalue weighted by Crippen LogP contribution is -2.29. The quantitative estimate of drug-likeness (QED) is 0.448. The molecular weight excluding hydrogens is 111 g/mol. The monoisotopic (exact) mass is 125 g/mol. The molecule has 0 spiro atoms. The zero-order valence-electron chi connectivity index (χ0n) is 6.42. The van der Waals surface area contributed by atoms with Crippen molar-refractivity contribution in [2.75, 3.05) is 6.61 Å². The number of ether oxygens (including phenoxy) is 1. The minimum atomic E-state index is 0.432. The van der Waals surface area contributed by atoms with Crippen LogP contribution in [-0.4, -0.2) is 20.0 Å². The Balaban J connectivity index is 2.35. The van der Waals surface area contributed by atoms with E-state index in [9.17, 15) is 0 Å². The van der Waals surface area contributed by atoms with Crippen LogP contribution in [0.5, 0.6) is 0 Å². The lowest BCUT2D eigenvalue weighted by atomic mass is 9.53. The van der Waals surface area contributed by atoms with E-state index < -0.39 is 0 Å². The van der Waals surface area contributed by atoms with Crippen molar-refractivity contribution in [2.24, 2.45) is 0 Å². The Hall–Kier alpha value is 0.0249. The Morgan fingerprint density at radius 3 is 2.44 bits per heavy atom. The summed E-state index contributed by atoms with van der Waals surface area (Å²) < 4.78 is 5.47. The average molecular weight is 125 g/mol. The SMILES string of the molecule is CC1[B]C(C)C(C)OC1. The van der Waals surface area contributed by atoms with Crippen LogP contribution in [0.3, 0.4) is 0 Å². The largest absolute Gasteiger partial charge is 0.379 e. The molecule has 3 unspecified atom stereocenters. The first-order valence-electron chi connectivity index (χ1n) is 3.66. The highest BCUT2D eigenvalue weighted by Crippen LogP contribution is 2.24. The molecule has 0 saturated carbocycles. The molecule has 51 valence electrons. The van der Waals surface area contributed by atoms with Crippen LogP contribution in [0.1, 0.15) is 20.8 Å². The molecule has 2 heteroatoms. The second-order valence-corrected chi connectivity index (χ2v) is 3.07. The van der Waals surface area contributed by atoms with E-state index in [1.54, 1.807) is 0 Å². The van der Waals surface area contributed by atoms with Crippen LogP contribution >= 0.6 is 0 Å². The van der Waals surface area contributed by atoms with Crippen molar-refractivity contribution in [1.82, 2.24) is 0 Å². The summed E-state index contributed by atoms with van der Waals surface area (Å²) in [6.45, 7) is 7.45. The topological polar surface area (TPSA) is 9.23 Å². The summed E-state index contributed by atoms with van der Waals surface area (Å²) in [6.07, 6.45) is 0.432. The van der Waals surface area contributed by atoms with Gasteiger partial charge < -0.3 is 4.74 Å². The molecule has 1 aliphatic rings. The van der Waals surface area contributed by atoms with E-state index in [0.717, 1.165) is 6.61 Å². The zero-order chi connectivity index (χ0) is 6.85. The third-order valence-electron chi connectivity index (χ3n) is 1.99. The van der Waals surface area contributed by atoms with Crippen LogP contribution in [0.25, 0.3) is 0 Å². The van der Waals surface area contributed by atoms with Crippen molar-refractivity contribution >= 4 is 7.28 Å². The van der Waals surface area contributed by atoms with Crippen LogP contribution in [0, 0.1) is 0 Å². The van der Waals surface area contributed by atoms with Gasteiger partial charge in [0, 0.05) is 6.61 Å². The van der Waals surface area contributed by atoms with Crippen LogP contribution in [0.4, 0.5) is 0 Å². The molecule has 3 atom stereocenters. The van der Waals surface area contributed by atoms with Crippen molar-refractivity contribution in [1.29, 1.82) is 0 Å². The van der Waals surface area contributed by atoms with Gasteiger partial charge in [0.2, 0.25) is 0 Å². The summed E-state index contributed by atoms with van der Waals surface area (Å²) in [5.41, 5.74) is 0. The highest BCUT2D eigenvalue weighted by molar-refractivity contribution is 6.40. The summed E-state index contributed by atoms with van der Waals surface area (Å²) in [5, 5.41) is 0. The molecule has 1 nitrogen and oxygen atoms in total. The summed E-state index contributed by atoms with van der Waals surface area (Å²) in [4.78, 5) is 0. The van der Waals surface area contributed by atoms with Gasteiger partial charge in [-0.05, 0) is 18.6 Å². The Labute approximate surface area is 58.0 Å². The van der Waals surface area contributed by atoms with E-state index in [4.69, 9.17) is 4.74 Å². The molecule has 0 aliphatic carbocycles. The van der Waals surface area contributed by atoms with Crippen molar-refractivity contribution in [3.05, 3.63) is 0 Å². The predicted octanol–water partition coefficient (Wildman–Crippen LogP) is 1.73. The van der Waals surface area contributed by atoms with Gasteiger partial charge >= 0.3 is 0 Å². The first kappa shape index (κ1) is 7.14. The first-order valence-corrected chi connectivity index (χ1v) is 3.66. The van der Waals surface area contributed by atoms with Gasteiger partial charge in [-0.15, -0.1) is 0 Å². The smallest absolute Gasteiger partial charge is 0.123 e. The molecule has 0 amide bonds. The highest BCUT2D eigenvalue weighted by atomic mass is 16.5. The fourth-order valence-corrected chi connectivity index (χ4v) is 1.19. The summed E-state index contributed by atoms with van der Waals surface area (Å²) in [7, 11) is 2.37. The number of hydrogen-bond acceptors (Lipinski definition) is 1. The average Bonchev–Trinajstić information content (AvgIpc) is 1.80. The third-order valence-corrected chi connectivity index (χ3v) is 1.99. The molecular formula is C7H14BO. The molecule has 0 N–H and O–H groups in total. The van der Waals surface area contributed by atoms with Gasteiger partial charge in [-0.25, -0.2) is 0 Å². The molecule has 0 aromatic rings. The van der Waals surface area contributed by atoms with E-state index in [0.29, 0.717) is 17.7 Å². The maximum absolute atomic E-state index is 5.47. The lowest BCUT2D eigenvalue weighted by Gasteiger charge is -2.29. The van der Waals surface area contributed by atoms with Crippen LogP contribution in [0.15, 0.2) is 0 Å². The third kappa shape index (κ3) is 1.72. The van der Waals surface area contributed by atoms with Gasteiger partial charge in [0.25, 0.3) is 0 Å². The Kier molecular flexibility index (Phi) is 2.17. The molecule has 0 aromatic carbocycles. The van der Waals surface area contributed by atoms with E-state index >= 15 is 0 Å². The summed E-state index contributed by atoms with van der Waals surface area (Å²) in [5.74, 6) is 1.28. The maximum Gasteiger partial charge on any atom is 0.123 e. The van der Waals surface area contributed by atoms with Crippen molar-refractivity contribution in [3.63, 3.8) is 0 Å². The summed E-state index contributed by atoms with van der Waals surface area (Å²) in [6, 6.07) is 0. The fraction of sp³-hybridized carbons (Fsp3) is 1.00. The Morgan fingerprint density at radius 2 is 2.00 bits per heavy atom. The van der Waals surface area contributed by atoms with E-state index in [2.05, 4.69) is 28.1 Å². The normalized spacial score (nSPS) is 44.1. The Bertz CT molecular complexity index is 94.9. The second kappa shape index (κ2) is 2.74. The molecule has 0 aromatic heterocycles. The molecule has 1 rings (SSSR count). The Morgan fingerprint density at radius 1 is 1.33 bits per heavy atom. The van der Waals surface area contributed by atoms with Crippen molar-refractivity contribution < 1.29 is 4.74 Å². The predicted molar refractivity (Wildman–Crippen MR) is 40.0 cm³/mol. The molecule has 1 aliphatic heterocycles. The molecule has 1 heterocycles. The van der Waals surface area contributed by atoms with Crippen LogP contribution in [0.2, 0.25) is 11.6 Å². The fourth-order valence-electron chi connectivity index (χ4n) is 1.19. The number of hydrogen-bond donors (Lipinski definition) is 0. The standard InChI is InChI=1S/C7H14BO/c1-5-4-9-7(3)6(2)8-5/h5-7H,4H2,1-3H3. The van der Waals surface area contributed by atoms with Crippen molar-refractivity contribution in [2.45, 2.75) is 38.5 Å². The van der Waals surface area contributed by atoms with Gasteiger partial charge in [0.1, 0.15) is 7.28 Å². The maximum atomic E-state index is 5.47. The highest BCUT2D eigenvalue weighted by Gasteiger charge is 2.22. The van der Waals surface area contributed by atoms with E-state index in [-0.39, 0.29) is 0 Å². The van der Waals surface area contributed by atoms with E-state index in [1.807, 2.05) is 0 Å². The lowest BCUT2D eigenvalue weighted by molar-refractivity contribution is 0.0516. The second-order valence-electron chi connectivity index (χ2n) is 3.07. The molecule has 1 saturated heterocycles. The van der Waals surface area contributed by atoms with Crippen LogP contribution < -0.4 is 0 Å². The van der Waals surface area contributed by atoms with Crippen molar-refractivity contribution in [3.8, 4) is 0 Å². The van der Waals surface area contributed by atoms with Gasteiger partial charge in [-0.3, -0.25) is 0 Å². The van der Waals surface area contributed by atoms with Gasteiger partial charge in [0.05, 0.1) is 6.10 Å². The van der Waals surface area contributed by atoms with Gasteiger partial charge in [-0.1, -0.05) is 13.8 Å². The molecule has 0 bridgehead atoms. The van der Waals surface area contributed by atoms with Gasteiger partial charge in [0.15, 0.2) is 0 Å². The van der Waals surface area contributed by atoms with Gasteiger partial charge in [-0.2, -0.15) is 0 Å². The van der Waals surface area contributed by atoms with Crippen LogP contribution in [-0.2, 0) is 4.74 Å². The minimum Gasteiger partial charge on any atom is -0.379 e. The molecule has 1 radical (unpaired) electrons. The number of rotatable bonds is 0. The minimum absolute atomic E-state index is 0.432. The van der Waals surface area contributed by atoms with E-state index in [1.165, 1.54) is 0 Å². The molecule has 9 heavy (non-hydrogen) atoms.